The molecule has 0 aliphatic rings. The first kappa shape index (κ1) is 13.4. The Morgan fingerprint density at radius 2 is 1.94 bits per heavy atom. The predicted octanol–water partition coefficient (Wildman–Crippen LogP) is 5.26. The highest BCUT2D eigenvalue weighted by atomic mass is 79.9. The van der Waals surface area contributed by atoms with Crippen LogP contribution in [0.2, 0.25) is 0 Å². The van der Waals surface area contributed by atoms with Crippen molar-refractivity contribution < 1.29 is 0 Å². The quantitative estimate of drug-likeness (QED) is 0.696. The first-order valence-corrected chi connectivity index (χ1v) is 7.09. The van der Waals surface area contributed by atoms with Gasteiger partial charge in [0.05, 0.1) is 5.69 Å². The molecule has 0 fully saturated rings. The number of halogens is 2. The molecule has 0 amide bonds. The lowest BCUT2D eigenvalue weighted by atomic mass is 10.2. The summed E-state index contributed by atoms with van der Waals surface area (Å²) in [6.07, 6.45) is 0. The van der Waals surface area contributed by atoms with E-state index in [-0.39, 0.29) is 0 Å². The van der Waals surface area contributed by atoms with Crippen molar-refractivity contribution in [3.8, 4) is 0 Å². The van der Waals surface area contributed by atoms with Crippen molar-refractivity contribution >= 4 is 38.9 Å². The number of anilines is 2. The lowest BCUT2D eigenvalue weighted by molar-refractivity contribution is 1.19. The van der Waals surface area contributed by atoms with Gasteiger partial charge in [-0.15, -0.1) is 11.6 Å². The fourth-order valence-electron chi connectivity index (χ4n) is 1.88. The number of nitrogens with zero attached hydrogens (tertiary/aromatic N) is 1. The summed E-state index contributed by atoms with van der Waals surface area (Å²) in [5, 5.41) is 0. The molecule has 0 spiro atoms. The lowest BCUT2D eigenvalue weighted by Gasteiger charge is -2.21. The maximum atomic E-state index is 5.83. The second-order valence-electron chi connectivity index (χ2n) is 4.32. The van der Waals surface area contributed by atoms with Gasteiger partial charge < -0.3 is 4.90 Å². The molecule has 18 heavy (non-hydrogen) atoms. The maximum Gasteiger partial charge on any atom is 0.0552 e. The van der Waals surface area contributed by atoms with Crippen LogP contribution < -0.4 is 4.90 Å². The van der Waals surface area contributed by atoms with Gasteiger partial charge in [0, 0.05) is 23.1 Å². The van der Waals surface area contributed by atoms with Gasteiger partial charge >= 0.3 is 0 Å². The number of hydrogen-bond acceptors (Lipinski definition) is 1. The predicted molar refractivity (Wildman–Crippen MR) is 82.9 cm³/mol. The van der Waals surface area contributed by atoms with Crippen molar-refractivity contribution in [3.63, 3.8) is 0 Å². The number of alkyl halides is 1. The zero-order chi connectivity index (χ0) is 13.1. The summed E-state index contributed by atoms with van der Waals surface area (Å²) in [6, 6.07) is 14.7. The molecule has 0 saturated carbocycles. The van der Waals surface area contributed by atoms with Crippen LogP contribution in [0, 0.1) is 6.92 Å². The van der Waals surface area contributed by atoms with Crippen molar-refractivity contribution in [3.05, 3.63) is 58.1 Å². The third-order valence-corrected chi connectivity index (χ3v) is 3.86. The smallest absolute Gasteiger partial charge is 0.0552 e. The topological polar surface area (TPSA) is 3.24 Å². The third-order valence-electron chi connectivity index (χ3n) is 2.92. The highest BCUT2D eigenvalue weighted by Gasteiger charge is 2.08. The van der Waals surface area contributed by atoms with Gasteiger partial charge in [-0.05, 0) is 58.2 Å². The second-order valence-corrected chi connectivity index (χ2v) is 5.44. The summed E-state index contributed by atoms with van der Waals surface area (Å²) < 4.78 is 1.06. The van der Waals surface area contributed by atoms with Gasteiger partial charge in [-0.2, -0.15) is 0 Å². The number of benzene rings is 2. The Morgan fingerprint density at radius 3 is 2.56 bits per heavy atom. The molecule has 0 N–H and O–H groups in total. The molecule has 1 nitrogen and oxygen atoms in total. The number of rotatable bonds is 3. The van der Waals surface area contributed by atoms with Gasteiger partial charge in [-0.1, -0.05) is 18.2 Å². The van der Waals surface area contributed by atoms with Gasteiger partial charge in [-0.25, -0.2) is 0 Å². The molecule has 2 rings (SSSR count). The van der Waals surface area contributed by atoms with Gasteiger partial charge in [-0.3, -0.25) is 0 Å². The van der Waals surface area contributed by atoms with E-state index in [1.54, 1.807) is 0 Å². The molecule has 2 aromatic carbocycles. The Bertz CT molecular complexity index is 554. The van der Waals surface area contributed by atoms with E-state index in [1.807, 2.05) is 0 Å². The zero-order valence-corrected chi connectivity index (χ0v) is 12.8. The monoisotopic (exact) mass is 323 g/mol. The maximum absolute atomic E-state index is 5.83. The molecular weight excluding hydrogens is 310 g/mol. The standard InChI is InChI=1S/C15H15BrClN/c1-11-4-3-5-13(8-11)18(2)15-7-6-12(10-17)9-14(15)16/h3-9H,10H2,1-2H3. The minimum atomic E-state index is 0.535. The molecule has 0 radical (unpaired) electrons. The minimum Gasteiger partial charge on any atom is -0.344 e. The summed E-state index contributed by atoms with van der Waals surface area (Å²) >= 11 is 9.44. The van der Waals surface area contributed by atoms with E-state index in [0.717, 1.165) is 15.7 Å². The largest absolute Gasteiger partial charge is 0.344 e. The Morgan fingerprint density at radius 1 is 1.17 bits per heavy atom. The van der Waals surface area contributed by atoms with Gasteiger partial charge in [0.1, 0.15) is 0 Å². The molecule has 0 heterocycles. The molecule has 0 aliphatic heterocycles. The van der Waals surface area contributed by atoms with Crippen molar-refractivity contribution in [1.82, 2.24) is 0 Å². The highest BCUT2D eigenvalue weighted by molar-refractivity contribution is 9.10. The van der Waals surface area contributed by atoms with Crippen LogP contribution in [0.5, 0.6) is 0 Å². The molecule has 2 aromatic rings. The molecule has 0 unspecified atom stereocenters. The van der Waals surface area contributed by atoms with Gasteiger partial charge in [0.2, 0.25) is 0 Å². The van der Waals surface area contributed by atoms with Crippen LogP contribution in [-0.2, 0) is 5.88 Å². The van der Waals surface area contributed by atoms with Gasteiger partial charge in [0.15, 0.2) is 0 Å². The normalized spacial score (nSPS) is 10.4. The second kappa shape index (κ2) is 5.77. The minimum absolute atomic E-state index is 0.535. The fourth-order valence-corrected chi connectivity index (χ4v) is 2.74. The number of hydrogen-bond donors (Lipinski definition) is 0. The highest BCUT2D eigenvalue weighted by Crippen LogP contribution is 2.32. The SMILES string of the molecule is Cc1cccc(N(C)c2ccc(CCl)cc2Br)c1. The zero-order valence-electron chi connectivity index (χ0n) is 10.5. The summed E-state index contributed by atoms with van der Waals surface area (Å²) in [5.74, 6) is 0.535. The molecule has 0 bridgehead atoms. The Kier molecular flexibility index (Phi) is 4.31. The van der Waals surface area contributed by atoms with Crippen molar-refractivity contribution in [2.45, 2.75) is 12.8 Å². The summed E-state index contributed by atoms with van der Waals surface area (Å²) in [5.41, 5.74) is 4.68. The molecule has 0 atom stereocenters. The number of aryl methyl sites for hydroxylation is 1. The molecule has 0 aromatic heterocycles. The van der Waals surface area contributed by atoms with Crippen molar-refractivity contribution in [1.29, 1.82) is 0 Å². The molecule has 94 valence electrons. The van der Waals surface area contributed by atoms with E-state index in [4.69, 9.17) is 11.6 Å². The van der Waals surface area contributed by atoms with Crippen molar-refractivity contribution in [2.75, 3.05) is 11.9 Å². The summed E-state index contributed by atoms with van der Waals surface area (Å²) in [4.78, 5) is 2.16. The van der Waals surface area contributed by atoms with E-state index >= 15 is 0 Å². The van der Waals surface area contributed by atoms with Crippen LogP contribution in [0.15, 0.2) is 46.9 Å². The molecule has 0 saturated heterocycles. The van der Waals surface area contributed by atoms with E-state index in [9.17, 15) is 0 Å². The first-order valence-electron chi connectivity index (χ1n) is 5.76. The van der Waals surface area contributed by atoms with Crippen LogP contribution in [0.4, 0.5) is 11.4 Å². The first-order chi connectivity index (χ1) is 8.61. The summed E-state index contributed by atoms with van der Waals surface area (Å²) in [6.45, 7) is 2.10. The Balaban J connectivity index is 2.37. The van der Waals surface area contributed by atoms with E-state index in [0.29, 0.717) is 5.88 Å². The third kappa shape index (κ3) is 2.88. The lowest BCUT2D eigenvalue weighted by Crippen LogP contribution is -2.10. The van der Waals surface area contributed by atoms with E-state index in [2.05, 4.69) is 77.3 Å². The Hall–Kier alpha value is -0.990. The molecular formula is C15H15BrClN. The van der Waals surface area contributed by atoms with E-state index in [1.165, 1.54) is 11.3 Å². The average Bonchev–Trinajstić information content (AvgIpc) is 2.37. The van der Waals surface area contributed by atoms with Gasteiger partial charge in [0.25, 0.3) is 0 Å². The van der Waals surface area contributed by atoms with Crippen LogP contribution in [0.1, 0.15) is 11.1 Å². The Labute approximate surface area is 122 Å². The van der Waals surface area contributed by atoms with Crippen LogP contribution in [-0.4, -0.2) is 7.05 Å². The fraction of sp³-hybridized carbons (Fsp3) is 0.200. The van der Waals surface area contributed by atoms with E-state index < -0.39 is 0 Å². The molecule has 0 aliphatic carbocycles. The van der Waals surface area contributed by atoms with Crippen molar-refractivity contribution in [2.24, 2.45) is 0 Å². The summed E-state index contributed by atoms with van der Waals surface area (Å²) in [7, 11) is 2.06. The van der Waals surface area contributed by atoms with Crippen LogP contribution in [0.25, 0.3) is 0 Å². The average molecular weight is 325 g/mol. The van der Waals surface area contributed by atoms with Crippen LogP contribution >= 0.6 is 27.5 Å². The molecule has 3 heteroatoms. The van der Waals surface area contributed by atoms with Crippen LogP contribution in [0.3, 0.4) is 0 Å².